The lowest BCUT2D eigenvalue weighted by Crippen LogP contribution is -2.49. The van der Waals surface area contributed by atoms with Crippen molar-refractivity contribution in [1.82, 2.24) is 9.80 Å². The van der Waals surface area contributed by atoms with Crippen LogP contribution in [0.3, 0.4) is 0 Å². The van der Waals surface area contributed by atoms with Gasteiger partial charge in [0.2, 0.25) is 0 Å². The summed E-state index contributed by atoms with van der Waals surface area (Å²) in [6, 6.07) is 16.0. The van der Waals surface area contributed by atoms with Crippen LogP contribution in [0.15, 0.2) is 71.3 Å². The summed E-state index contributed by atoms with van der Waals surface area (Å²) in [5, 5.41) is 0. The highest BCUT2D eigenvalue weighted by molar-refractivity contribution is 5.91. The molecule has 4 nitrogen and oxygen atoms in total. The fourth-order valence-corrected chi connectivity index (χ4v) is 3.64. The van der Waals surface area contributed by atoms with E-state index in [0.29, 0.717) is 31.9 Å². The Balaban J connectivity index is 1.55. The molecule has 144 valence electrons. The molecule has 0 aliphatic carbocycles. The Hall–Kier alpha value is -2.99. The Labute approximate surface area is 162 Å². The lowest BCUT2D eigenvalue weighted by Gasteiger charge is -2.39. The van der Waals surface area contributed by atoms with Gasteiger partial charge in [0, 0.05) is 26.2 Å². The Bertz CT molecular complexity index is 871. The molecule has 0 bridgehead atoms. The van der Waals surface area contributed by atoms with Crippen molar-refractivity contribution in [3.05, 3.63) is 95.4 Å². The number of carbonyl (C=O) groups excluding carboxylic acids is 1. The van der Waals surface area contributed by atoms with E-state index in [2.05, 4.69) is 4.90 Å². The molecular formula is C22H20F2N2O2. The molecule has 0 atom stereocenters. The summed E-state index contributed by atoms with van der Waals surface area (Å²) >= 11 is 0. The van der Waals surface area contributed by atoms with Gasteiger partial charge < -0.3 is 9.32 Å². The van der Waals surface area contributed by atoms with E-state index in [4.69, 9.17) is 4.42 Å². The quantitative estimate of drug-likeness (QED) is 0.682. The van der Waals surface area contributed by atoms with Crippen LogP contribution in [-0.4, -0.2) is 41.9 Å². The summed E-state index contributed by atoms with van der Waals surface area (Å²) in [5.74, 6) is -0.377. The van der Waals surface area contributed by atoms with Crippen molar-refractivity contribution in [3.8, 4) is 0 Å². The smallest absolute Gasteiger partial charge is 0.289 e. The summed E-state index contributed by atoms with van der Waals surface area (Å²) in [4.78, 5) is 16.5. The molecule has 1 aliphatic heterocycles. The van der Waals surface area contributed by atoms with E-state index in [-0.39, 0.29) is 23.6 Å². The van der Waals surface area contributed by atoms with Gasteiger partial charge in [0.1, 0.15) is 11.6 Å². The Kier molecular flexibility index (Phi) is 5.21. The van der Waals surface area contributed by atoms with Crippen LogP contribution in [0.4, 0.5) is 8.78 Å². The third kappa shape index (κ3) is 3.82. The molecule has 28 heavy (non-hydrogen) atoms. The molecule has 2 aromatic carbocycles. The first kappa shape index (κ1) is 18.4. The fraction of sp³-hybridized carbons (Fsp3) is 0.227. The van der Waals surface area contributed by atoms with Gasteiger partial charge in [-0.3, -0.25) is 9.69 Å². The lowest BCUT2D eigenvalue weighted by molar-refractivity contribution is 0.0567. The highest BCUT2D eigenvalue weighted by Crippen LogP contribution is 2.30. The average Bonchev–Trinajstić information content (AvgIpc) is 3.26. The highest BCUT2D eigenvalue weighted by Gasteiger charge is 2.29. The van der Waals surface area contributed by atoms with E-state index in [0.717, 1.165) is 11.1 Å². The number of hydrogen-bond acceptors (Lipinski definition) is 3. The Morgan fingerprint density at radius 3 is 1.82 bits per heavy atom. The standard InChI is InChI=1S/C22H20F2N2O2/c23-18-7-3-16(4-8-18)21(17-5-9-19(24)10-6-17)25-11-13-26(14-12-25)22(27)20-2-1-15-28-20/h1-10,15,21H,11-14H2. The van der Waals surface area contributed by atoms with Crippen LogP contribution < -0.4 is 0 Å². The highest BCUT2D eigenvalue weighted by atomic mass is 19.1. The topological polar surface area (TPSA) is 36.7 Å². The number of hydrogen-bond donors (Lipinski definition) is 0. The minimum absolute atomic E-state index is 0.121. The molecule has 0 radical (unpaired) electrons. The SMILES string of the molecule is O=C(c1ccco1)N1CCN(C(c2ccc(F)cc2)c2ccc(F)cc2)CC1. The number of piperazine rings is 1. The maximum absolute atomic E-state index is 13.4. The zero-order valence-corrected chi connectivity index (χ0v) is 15.2. The van der Waals surface area contributed by atoms with E-state index in [9.17, 15) is 13.6 Å². The van der Waals surface area contributed by atoms with E-state index in [1.165, 1.54) is 30.5 Å². The van der Waals surface area contributed by atoms with Crippen LogP contribution in [-0.2, 0) is 0 Å². The van der Waals surface area contributed by atoms with Gasteiger partial charge in [0.15, 0.2) is 5.76 Å². The van der Waals surface area contributed by atoms with Gasteiger partial charge in [0.25, 0.3) is 5.91 Å². The van der Waals surface area contributed by atoms with Gasteiger partial charge in [-0.25, -0.2) is 8.78 Å². The predicted molar refractivity (Wildman–Crippen MR) is 101 cm³/mol. The third-order valence-electron chi connectivity index (χ3n) is 5.07. The van der Waals surface area contributed by atoms with Crippen LogP contribution in [0, 0.1) is 11.6 Å². The van der Waals surface area contributed by atoms with Crippen molar-refractivity contribution in [1.29, 1.82) is 0 Å². The minimum Gasteiger partial charge on any atom is -0.459 e. The maximum Gasteiger partial charge on any atom is 0.289 e. The van der Waals surface area contributed by atoms with Crippen LogP contribution in [0.25, 0.3) is 0 Å². The van der Waals surface area contributed by atoms with Crippen molar-refractivity contribution in [2.75, 3.05) is 26.2 Å². The third-order valence-corrected chi connectivity index (χ3v) is 5.07. The molecule has 0 N–H and O–H groups in total. The van der Waals surface area contributed by atoms with Crippen molar-refractivity contribution >= 4 is 5.91 Å². The zero-order chi connectivity index (χ0) is 19.5. The second-order valence-electron chi connectivity index (χ2n) is 6.81. The average molecular weight is 382 g/mol. The van der Waals surface area contributed by atoms with Crippen LogP contribution in [0.1, 0.15) is 27.7 Å². The number of halogens is 2. The molecule has 0 unspecified atom stereocenters. The molecule has 1 amide bonds. The molecule has 6 heteroatoms. The minimum atomic E-state index is -0.296. The second kappa shape index (κ2) is 7.94. The van der Waals surface area contributed by atoms with Crippen LogP contribution in [0.5, 0.6) is 0 Å². The number of nitrogens with zero attached hydrogens (tertiary/aromatic N) is 2. The summed E-state index contributed by atoms with van der Waals surface area (Å²) < 4.78 is 32.0. The first-order valence-corrected chi connectivity index (χ1v) is 9.19. The molecule has 4 rings (SSSR count). The molecule has 1 aliphatic rings. The van der Waals surface area contributed by atoms with E-state index >= 15 is 0 Å². The van der Waals surface area contributed by atoms with E-state index in [1.54, 1.807) is 41.3 Å². The molecule has 0 saturated carbocycles. The molecule has 3 aromatic rings. The molecule has 1 saturated heterocycles. The van der Waals surface area contributed by atoms with Gasteiger partial charge in [-0.2, -0.15) is 0 Å². The largest absolute Gasteiger partial charge is 0.459 e. The molecule has 0 spiro atoms. The normalized spacial score (nSPS) is 15.2. The van der Waals surface area contributed by atoms with Crippen molar-refractivity contribution in [2.45, 2.75) is 6.04 Å². The zero-order valence-electron chi connectivity index (χ0n) is 15.2. The van der Waals surface area contributed by atoms with Crippen LogP contribution in [0.2, 0.25) is 0 Å². The van der Waals surface area contributed by atoms with Gasteiger partial charge >= 0.3 is 0 Å². The van der Waals surface area contributed by atoms with Crippen molar-refractivity contribution in [3.63, 3.8) is 0 Å². The lowest BCUT2D eigenvalue weighted by atomic mass is 9.96. The molecule has 1 fully saturated rings. The van der Waals surface area contributed by atoms with Crippen LogP contribution >= 0.6 is 0 Å². The summed E-state index contributed by atoms with van der Waals surface area (Å²) in [6.07, 6.45) is 1.49. The van der Waals surface area contributed by atoms with Gasteiger partial charge in [0.05, 0.1) is 12.3 Å². The predicted octanol–water partition coefficient (Wildman–Crippen LogP) is 4.11. The molecular weight excluding hydrogens is 362 g/mol. The summed E-state index contributed by atoms with van der Waals surface area (Å²) in [7, 11) is 0. The van der Waals surface area contributed by atoms with E-state index in [1.807, 2.05) is 0 Å². The number of rotatable bonds is 4. The first-order chi connectivity index (χ1) is 13.6. The Morgan fingerprint density at radius 1 is 0.821 bits per heavy atom. The fourth-order valence-electron chi connectivity index (χ4n) is 3.64. The first-order valence-electron chi connectivity index (χ1n) is 9.19. The van der Waals surface area contributed by atoms with Gasteiger partial charge in [-0.15, -0.1) is 0 Å². The number of furan rings is 1. The maximum atomic E-state index is 13.4. The number of amides is 1. The second-order valence-corrected chi connectivity index (χ2v) is 6.81. The van der Waals surface area contributed by atoms with Gasteiger partial charge in [-0.1, -0.05) is 24.3 Å². The number of benzene rings is 2. The van der Waals surface area contributed by atoms with Gasteiger partial charge in [-0.05, 0) is 47.5 Å². The summed E-state index contributed by atoms with van der Waals surface area (Å²) in [5.41, 5.74) is 1.86. The van der Waals surface area contributed by atoms with E-state index < -0.39 is 0 Å². The number of carbonyl (C=O) groups is 1. The molecule has 1 aromatic heterocycles. The molecule has 2 heterocycles. The Morgan fingerprint density at radius 2 is 1.36 bits per heavy atom. The van der Waals surface area contributed by atoms with Crippen molar-refractivity contribution in [2.24, 2.45) is 0 Å². The van der Waals surface area contributed by atoms with Crippen molar-refractivity contribution < 1.29 is 18.0 Å². The summed E-state index contributed by atoms with van der Waals surface area (Å²) in [6.45, 7) is 2.40. The monoisotopic (exact) mass is 382 g/mol.